The molecule has 1 saturated heterocycles. The van der Waals surface area contributed by atoms with Crippen LogP contribution in [0, 0.1) is 5.92 Å². The van der Waals surface area contributed by atoms with Crippen LogP contribution in [0.25, 0.3) is 0 Å². The normalized spacial score (nSPS) is 18.3. The van der Waals surface area contributed by atoms with Crippen LogP contribution in [0.3, 0.4) is 0 Å². The van der Waals surface area contributed by atoms with Crippen molar-refractivity contribution < 1.29 is 22.7 Å². The lowest BCUT2D eigenvalue weighted by Crippen LogP contribution is -2.44. The van der Waals surface area contributed by atoms with Crippen LogP contribution >= 0.6 is 12.4 Å². The van der Waals surface area contributed by atoms with Crippen LogP contribution in [-0.4, -0.2) is 49.8 Å². The van der Waals surface area contributed by atoms with Gasteiger partial charge in [-0.1, -0.05) is 0 Å². The summed E-state index contributed by atoms with van der Waals surface area (Å²) in [6.45, 7) is 0.348. The predicted molar refractivity (Wildman–Crippen MR) is 92.1 cm³/mol. The third-order valence-electron chi connectivity index (χ3n) is 3.79. The topological polar surface area (TPSA) is 67.6 Å². The summed E-state index contributed by atoms with van der Waals surface area (Å²) >= 11 is 0. The number of nitrogens with one attached hydrogen (secondary N) is 1. The number of alkyl halides is 3. The van der Waals surface area contributed by atoms with E-state index >= 15 is 0 Å². The lowest BCUT2D eigenvalue weighted by atomic mass is 9.97. The Morgan fingerprint density at radius 3 is 2.60 bits per heavy atom. The number of likely N-dealkylation sites (tertiary alicyclic amines) is 1. The molecule has 0 spiro atoms. The number of hydrogen-bond donors (Lipinski definition) is 2. The Bertz CT molecular complexity index is 540. The Hall–Kier alpha value is -1.51. The molecule has 0 saturated carbocycles. The van der Waals surface area contributed by atoms with E-state index in [0.717, 1.165) is 0 Å². The van der Waals surface area contributed by atoms with Crippen LogP contribution in [0.5, 0.6) is 5.75 Å². The molecule has 5 nitrogen and oxygen atoms in total. The third kappa shape index (κ3) is 7.50. The molecule has 25 heavy (non-hydrogen) atoms. The smallest absolute Gasteiger partial charge is 0.401 e. The molecule has 1 aromatic rings. The number of amides is 1. The zero-order valence-electron chi connectivity index (χ0n) is 13.7. The van der Waals surface area contributed by atoms with Crippen LogP contribution < -0.4 is 15.8 Å². The predicted octanol–water partition coefficient (Wildman–Crippen LogP) is 2.66. The maximum atomic E-state index is 12.5. The number of carbonyl (C=O) groups is 1. The molecule has 0 radical (unpaired) electrons. The maximum absolute atomic E-state index is 12.5. The summed E-state index contributed by atoms with van der Waals surface area (Å²) in [4.78, 5) is 13.6. The van der Waals surface area contributed by atoms with Crippen molar-refractivity contribution in [2.45, 2.75) is 19.0 Å². The number of rotatable bonds is 6. The van der Waals surface area contributed by atoms with Gasteiger partial charge in [-0.3, -0.25) is 9.69 Å². The van der Waals surface area contributed by atoms with Gasteiger partial charge in [-0.2, -0.15) is 13.2 Å². The van der Waals surface area contributed by atoms with Crippen LogP contribution in [0.4, 0.5) is 18.9 Å². The van der Waals surface area contributed by atoms with Gasteiger partial charge in [-0.25, -0.2) is 0 Å². The molecular weight excluding hydrogens is 359 g/mol. The molecule has 1 fully saturated rings. The van der Waals surface area contributed by atoms with Crippen molar-refractivity contribution >= 4 is 24.0 Å². The Kier molecular flexibility index (Phi) is 8.47. The lowest BCUT2D eigenvalue weighted by Gasteiger charge is -2.32. The number of halogens is 4. The first kappa shape index (κ1) is 21.5. The van der Waals surface area contributed by atoms with Crippen molar-refractivity contribution in [1.29, 1.82) is 0 Å². The van der Waals surface area contributed by atoms with Crippen molar-refractivity contribution in [2.75, 3.05) is 38.1 Å². The first-order valence-corrected chi connectivity index (χ1v) is 7.90. The van der Waals surface area contributed by atoms with E-state index in [4.69, 9.17) is 10.5 Å². The van der Waals surface area contributed by atoms with Gasteiger partial charge in [0.05, 0.1) is 12.5 Å². The number of benzene rings is 1. The Balaban J connectivity index is 0.00000312. The van der Waals surface area contributed by atoms with Crippen LogP contribution in [0.2, 0.25) is 0 Å². The molecule has 0 aliphatic carbocycles. The standard InChI is InChI=1S/C16H22F3N3O2.ClH/c17-16(18,19)11-22-8-1-2-12(10-22)15(23)21-13-3-5-14(6-4-13)24-9-7-20;/h3-6,12H,1-2,7-11,20H2,(H,21,23);1H. The Labute approximate surface area is 151 Å². The highest BCUT2D eigenvalue weighted by molar-refractivity contribution is 5.92. The molecule has 1 atom stereocenters. The number of nitrogens with two attached hydrogens (primary N) is 1. The van der Waals surface area contributed by atoms with E-state index < -0.39 is 18.6 Å². The summed E-state index contributed by atoms with van der Waals surface area (Å²) in [5.41, 5.74) is 5.94. The second kappa shape index (κ2) is 9.84. The van der Waals surface area contributed by atoms with Gasteiger partial charge in [0.1, 0.15) is 12.4 Å². The van der Waals surface area contributed by atoms with E-state index in [0.29, 0.717) is 44.0 Å². The molecule has 142 valence electrons. The molecule has 2 rings (SSSR count). The molecule has 9 heteroatoms. The molecule has 1 heterocycles. The highest BCUT2D eigenvalue weighted by atomic mass is 35.5. The number of carbonyl (C=O) groups excluding carboxylic acids is 1. The molecule has 1 aliphatic rings. The van der Waals surface area contributed by atoms with Crippen LogP contribution in [-0.2, 0) is 4.79 Å². The van der Waals surface area contributed by atoms with Gasteiger partial charge in [0, 0.05) is 18.8 Å². The van der Waals surface area contributed by atoms with Gasteiger partial charge in [0.2, 0.25) is 5.91 Å². The molecule has 1 unspecified atom stereocenters. The van der Waals surface area contributed by atoms with Gasteiger partial charge in [-0.05, 0) is 43.7 Å². The van der Waals surface area contributed by atoms with Crippen molar-refractivity contribution in [3.63, 3.8) is 0 Å². The van der Waals surface area contributed by atoms with Crippen LogP contribution in [0.1, 0.15) is 12.8 Å². The van der Waals surface area contributed by atoms with E-state index in [1.54, 1.807) is 24.3 Å². The first-order chi connectivity index (χ1) is 11.4. The van der Waals surface area contributed by atoms with Gasteiger partial charge < -0.3 is 15.8 Å². The summed E-state index contributed by atoms with van der Waals surface area (Å²) in [5, 5.41) is 2.75. The lowest BCUT2D eigenvalue weighted by molar-refractivity contribution is -0.151. The minimum absolute atomic E-state index is 0. The zero-order valence-corrected chi connectivity index (χ0v) is 14.5. The fraction of sp³-hybridized carbons (Fsp3) is 0.562. The average molecular weight is 382 g/mol. The zero-order chi connectivity index (χ0) is 17.6. The Morgan fingerprint density at radius 1 is 1.32 bits per heavy atom. The van der Waals surface area contributed by atoms with Gasteiger partial charge >= 0.3 is 6.18 Å². The molecule has 1 aliphatic heterocycles. The highest BCUT2D eigenvalue weighted by Crippen LogP contribution is 2.24. The van der Waals surface area contributed by atoms with Gasteiger partial charge in [0.25, 0.3) is 0 Å². The van der Waals surface area contributed by atoms with Crippen molar-refractivity contribution in [2.24, 2.45) is 11.7 Å². The summed E-state index contributed by atoms with van der Waals surface area (Å²) in [5.74, 6) is -0.0424. The SMILES string of the molecule is Cl.NCCOc1ccc(NC(=O)C2CCCN(CC(F)(F)F)C2)cc1. The molecule has 1 amide bonds. The summed E-state index contributed by atoms with van der Waals surface area (Å²) < 4.78 is 42.8. The molecule has 1 aromatic carbocycles. The fourth-order valence-corrected chi connectivity index (χ4v) is 2.72. The van der Waals surface area contributed by atoms with E-state index in [1.807, 2.05) is 0 Å². The molecular formula is C16H23ClF3N3O2. The minimum Gasteiger partial charge on any atom is -0.492 e. The second-order valence-corrected chi connectivity index (χ2v) is 5.84. The van der Waals surface area contributed by atoms with E-state index in [-0.39, 0.29) is 24.9 Å². The maximum Gasteiger partial charge on any atom is 0.401 e. The molecule has 0 aromatic heterocycles. The van der Waals surface area contributed by atoms with Crippen LogP contribution in [0.15, 0.2) is 24.3 Å². The quantitative estimate of drug-likeness (QED) is 0.795. The van der Waals surface area contributed by atoms with E-state index in [2.05, 4.69) is 5.32 Å². The first-order valence-electron chi connectivity index (χ1n) is 7.90. The van der Waals surface area contributed by atoms with E-state index in [1.165, 1.54) is 4.90 Å². The van der Waals surface area contributed by atoms with Crippen molar-refractivity contribution in [1.82, 2.24) is 4.90 Å². The van der Waals surface area contributed by atoms with Gasteiger partial charge in [0.15, 0.2) is 0 Å². The molecule has 3 N–H and O–H groups in total. The number of nitrogens with zero attached hydrogens (tertiary/aromatic N) is 1. The molecule has 0 bridgehead atoms. The highest BCUT2D eigenvalue weighted by Gasteiger charge is 2.34. The largest absolute Gasteiger partial charge is 0.492 e. The number of anilines is 1. The van der Waals surface area contributed by atoms with Crippen molar-refractivity contribution in [3.8, 4) is 5.75 Å². The summed E-state index contributed by atoms with van der Waals surface area (Å²) in [7, 11) is 0. The van der Waals surface area contributed by atoms with Crippen molar-refractivity contribution in [3.05, 3.63) is 24.3 Å². The minimum atomic E-state index is -4.24. The monoisotopic (exact) mass is 381 g/mol. The Morgan fingerprint density at radius 2 is 2.00 bits per heavy atom. The number of ether oxygens (including phenoxy) is 1. The summed E-state index contributed by atoms with van der Waals surface area (Å²) in [6.07, 6.45) is -3.06. The second-order valence-electron chi connectivity index (χ2n) is 5.84. The number of piperidine rings is 1. The van der Waals surface area contributed by atoms with E-state index in [9.17, 15) is 18.0 Å². The summed E-state index contributed by atoms with van der Waals surface area (Å²) in [6, 6.07) is 6.81. The average Bonchev–Trinajstić information content (AvgIpc) is 2.53. The third-order valence-corrected chi connectivity index (χ3v) is 3.79. The van der Waals surface area contributed by atoms with Gasteiger partial charge in [-0.15, -0.1) is 12.4 Å². The number of hydrogen-bond acceptors (Lipinski definition) is 4. The fourth-order valence-electron chi connectivity index (χ4n) is 2.72.